The zero-order valence-electron chi connectivity index (χ0n) is 15.9. The highest BCUT2D eigenvalue weighted by Gasteiger charge is 2.21. The maximum atomic E-state index is 12.5. The maximum absolute atomic E-state index is 12.5. The van der Waals surface area contributed by atoms with Crippen LogP contribution in [-0.2, 0) is 4.79 Å². The predicted octanol–water partition coefficient (Wildman–Crippen LogP) is 3.36. The standard InChI is InChI=1S/C21H25NO5/c1-14(2)21(15-8-9-18-19(12-15)26-11-10-25-18)22-20(23)13-27-17-7-5-4-6-16(17)24-3/h4-9,12,14,21H,10-11,13H2,1-3H3,(H,22,23). The number of carbonyl (C=O) groups is 1. The molecule has 1 atom stereocenters. The number of ether oxygens (including phenoxy) is 4. The Hall–Kier alpha value is -2.89. The molecule has 2 aromatic rings. The Morgan fingerprint density at radius 1 is 1.07 bits per heavy atom. The molecule has 1 heterocycles. The Morgan fingerprint density at radius 2 is 1.78 bits per heavy atom. The summed E-state index contributed by atoms with van der Waals surface area (Å²) in [7, 11) is 1.57. The topological polar surface area (TPSA) is 66.0 Å². The molecule has 27 heavy (non-hydrogen) atoms. The van der Waals surface area contributed by atoms with E-state index >= 15 is 0 Å². The van der Waals surface area contributed by atoms with Crippen molar-refractivity contribution in [1.29, 1.82) is 0 Å². The van der Waals surface area contributed by atoms with Crippen molar-refractivity contribution in [1.82, 2.24) is 5.32 Å². The van der Waals surface area contributed by atoms with Crippen LogP contribution in [0.4, 0.5) is 0 Å². The van der Waals surface area contributed by atoms with Crippen molar-refractivity contribution < 1.29 is 23.7 Å². The molecule has 2 aromatic carbocycles. The molecule has 0 saturated heterocycles. The summed E-state index contributed by atoms with van der Waals surface area (Å²) < 4.78 is 22.1. The van der Waals surface area contributed by atoms with Gasteiger partial charge in [0, 0.05) is 0 Å². The number of hydrogen-bond donors (Lipinski definition) is 1. The third kappa shape index (κ3) is 4.64. The smallest absolute Gasteiger partial charge is 0.258 e. The molecule has 1 aliphatic heterocycles. The highest BCUT2D eigenvalue weighted by Crippen LogP contribution is 2.34. The van der Waals surface area contributed by atoms with Gasteiger partial charge in [-0.05, 0) is 35.7 Å². The average Bonchev–Trinajstić information content (AvgIpc) is 2.70. The Bertz CT molecular complexity index is 790. The van der Waals surface area contributed by atoms with Crippen LogP contribution in [0.15, 0.2) is 42.5 Å². The van der Waals surface area contributed by atoms with E-state index in [0.717, 1.165) is 11.3 Å². The SMILES string of the molecule is COc1ccccc1OCC(=O)NC(c1ccc2c(c1)OCCO2)C(C)C. The second-order valence-electron chi connectivity index (χ2n) is 6.63. The molecule has 1 N–H and O–H groups in total. The second kappa shape index (κ2) is 8.66. The zero-order chi connectivity index (χ0) is 19.2. The minimum absolute atomic E-state index is 0.0891. The molecular weight excluding hydrogens is 346 g/mol. The van der Waals surface area contributed by atoms with Crippen LogP contribution < -0.4 is 24.3 Å². The van der Waals surface area contributed by atoms with Crippen LogP contribution in [0.25, 0.3) is 0 Å². The van der Waals surface area contributed by atoms with E-state index in [1.165, 1.54) is 0 Å². The summed E-state index contributed by atoms with van der Waals surface area (Å²) in [5.74, 6) is 2.58. The maximum Gasteiger partial charge on any atom is 0.258 e. The minimum Gasteiger partial charge on any atom is -0.493 e. The summed E-state index contributed by atoms with van der Waals surface area (Å²) in [5, 5.41) is 3.05. The van der Waals surface area contributed by atoms with Gasteiger partial charge < -0.3 is 24.3 Å². The molecule has 0 spiro atoms. The molecule has 6 nitrogen and oxygen atoms in total. The number of carbonyl (C=O) groups excluding carboxylic acids is 1. The molecule has 0 aliphatic carbocycles. The number of benzene rings is 2. The van der Waals surface area contributed by atoms with Crippen molar-refractivity contribution in [3.05, 3.63) is 48.0 Å². The summed E-state index contributed by atoms with van der Waals surface area (Å²) in [6.07, 6.45) is 0. The van der Waals surface area contributed by atoms with Crippen LogP contribution in [0.1, 0.15) is 25.5 Å². The molecular formula is C21H25NO5. The molecule has 1 unspecified atom stereocenters. The molecule has 144 valence electrons. The lowest BCUT2D eigenvalue weighted by molar-refractivity contribution is -0.124. The van der Waals surface area contributed by atoms with Crippen LogP contribution >= 0.6 is 0 Å². The van der Waals surface area contributed by atoms with Gasteiger partial charge in [0.2, 0.25) is 0 Å². The van der Waals surface area contributed by atoms with Crippen molar-refractivity contribution in [2.24, 2.45) is 5.92 Å². The molecule has 0 saturated carbocycles. The molecule has 3 rings (SSSR count). The van der Waals surface area contributed by atoms with Gasteiger partial charge in [-0.3, -0.25) is 4.79 Å². The zero-order valence-corrected chi connectivity index (χ0v) is 15.9. The number of nitrogens with one attached hydrogen (secondary N) is 1. The van der Waals surface area contributed by atoms with Gasteiger partial charge in [-0.2, -0.15) is 0 Å². The van der Waals surface area contributed by atoms with Crippen LogP contribution in [-0.4, -0.2) is 32.8 Å². The number of hydrogen-bond acceptors (Lipinski definition) is 5. The van der Waals surface area contributed by atoms with Crippen molar-refractivity contribution in [3.63, 3.8) is 0 Å². The van der Waals surface area contributed by atoms with E-state index in [9.17, 15) is 4.79 Å². The molecule has 1 amide bonds. The summed E-state index contributed by atoms with van der Waals surface area (Å²) in [5.41, 5.74) is 0.972. The Balaban J connectivity index is 1.66. The third-order valence-electron chi connectivity index (χ3n) is 4.34. The van der Waals surface area contributed by atoms with E-state index in [0.29, 0.717) is 30.5 Å². The average molecular weight is 371 g/mol. The Morgan fingerprint density at radius 3 is 2.48 bits per heavy atom. The quantitative estimate of drug-likeness (QED) is 0.808. The van der Waals surface area contributed by atoms with Gasteiger partial charge in [-0.1, -0.05) is 32.0 Å². The van der Waals surface area contributed by atoms with Gasteiger partial charge in [0.1, 0.15) is 13.2 Å². The number of fused-ring (bicyclic) bond motifs is 1. The minimum atomic E-state index is -0.200. The van der Waals surface area contributed by atoms with Crippen LogP contribution in [0.3, 0.4) is 0 Å². The fraction of sp³-hybridized carbons (Fsp3) is 0.381. The predicted molar refractivity (Wildman–Crippen MR) is 102 cm³/mol. The normalized spacial score (nSPS) is 13.8. The van der Waals surface area contributed by atoms with Crippen molar-refractivity contribution in [3.8, 4) is 23.0 Å². The molecule has 0 fully saturated rings. The largest absolute Gasteiger partial charge is 0.493 e. The van der Waals surface area contributed by atoms with Gasteiger partial charge in [0.15, 0.2) is 29.6 Å². The molecule has 6 heteroatoms. The summed E-state index contributed by atoms with van der Waals surface area (Å²) >= 11 is 0. The molecule has 0 aromatic heterocycles. The van der Waals surface area contributed by atoms with Crippen LogP contribution in [0.2, 0.25) is 0 Å². The lowest BCUT2D eigenvalue weighted by Crippen LogP contribution is -2.35. The van der Waals surface area contributed by atoms with E-state index in [1.807, 2.05) is 30.3 Å². The summed E-state index contributed by atoms with van der Waals surface area (Å²) in [6.45, 7) is 5.11. The fourth-order valence-corrected chi connectivity index (χ4v) is 2.98. The first kappa shape index (κ1) is 18.9. The van der Waals surface area contributed by atoms with Crippen molar-refractivity contribution in [2.75, 3.05) is 26.9 Å². The number of rotatable bonds is 7. The van der Waals surface area contributed by atoms with Crippen LogP contribution in [0.5, 0.6) is 23.0 Å². The first-order chi connectivity index (χ1) is 13.1. The van der Waals surface area contributed by atoms with Gasteiger partial charge in [-0.25, -0.2) is 0 Å². The lowest BCUT2D eigenvalue weighted by Gasteiger charge is -2.25. The van der Waals surface area contributed by atoms with E-state index in [2.05, 4.69) is 19.2 Å². The second-order valence-corrected chi connectivity index (χ2v) is 6.63. The fourth-order valence-electron chi connectivity index (χ4n) is 2.98. The Kier molecular flexibility index (Phi) is 6.06. The van der Waals surface area contributed by atoms with Gasteiger partial charge in [0.25, 0.3) is 5.91 Å². The van der Waals surface area contributed by atoms with Crippen molar-refractivity contribution >= 4 is 5.91 Å². The summed E-state index contributed by atoms with van der Waals surface area (Å²) in [4.78, 5) is 12.5. The lowest BCUT2D eigenvalue weighted by atomic mass is 9.95. The number of methoxy groups -OCH3 is 1. The molecule has 0 radical (unpaired) electrons. The highest BCUT2D eigenvalue weighted by molar-refractivity contribution is 5.78. The van der Waals surface area contributed by atoms with Gasteiger partial charge >= 0.3 is 0 Å². The van der Waals surface area contributed by atoms with Crippen LogP contribution in [0, 0.1) is 5.92 Å². The number of amides is 1. The third-order valence-corrected chi connectivity index (χ3v) is 4.34. The van der Waals surface area contributed by atoms with E-state index < -0.39 is 0 Å². The monoisotopic (exact) mass is 371 g/mol. The van der Waals surface area contributed by atoms with Gasteiger partial charge in [-0.15, -0.1) is 0 Å². The number of para-hydroxylation sites is 2. The first-order valence-corrected chi connectivity index (χ1v) is 9.03. The van der Waals surface area contributed by atoms with Crippen molar-refractivity contribution in [2.45, 2.75) is 19.9 Å². The Labute approximate surface area is 159 Å². The van der Waals surface area contributed by atoms with E-state index in [1.54, 1.807) is 19.2 Å². The van der Waals surface area contributed by atoms with Gasteiger partial charge in [0.05, 0.1) is 13.2 Å². The first-order valence-electron chi connectivity index (χ1n) is 9.03. The van der Waals surface area contributed by atoms with E-state index in [-0.39, 0.29) is 24.5 Å². The summed E-state index contributed by atoms with van der Waals surface area (Å²) in [6, 6.07) is 12.9. The molecule has 0 bridgehead atoms. The molecule has 1 aliphatic rings. The highest BCUT2D eigenvalue weighted by atomic mass is 16.6. The van der Waals surface area contributed by atoms with E-state index in [4.69, 9.17) is 18.9 Å².